The van der Waals surface area contributed by atoms with Gasteiger partial charge < -0.3 is 94.1 Å². The van der Waals surface area contributed by atoms with E-state index in [-0.39, 0.29) is 47.6 Å². The molecule has 11 N–H and O–H groups in total. The van der Waals surface area contributed by atoms with Gasteiger partial charge in [0.2, 0.25) is 0 Å². The molecule has 19 heteroatoms. The molecule has 19 nitrogen and oxygen atoms in total. The summed E-state index contributed by atoms with van der Waals surface area (Å²) in [4.78, 5) is 0. The van der Waals surface area contributed by atoms with Crippen molar-refractivity contribution in [1.29, 1.82) is 0 Å². The van der Waals surface area contributed by atoms with E-state index < -0.39 is 112 Å². The SMILES string of the molecule is CO[C@@H](C[C@H](C)CO[C@@H]1O[C@H](CO)[C@@H](O)[C@H](O)[C@H]1O)C1=C(C)[C@H]2[C@H](C[C@H]3[C@@H]4CC[C@@H]5C[C@@H](O[C@@H]6O[C@H](CO)[C@H](O)[C@H](O)[C@H]6O[C@@H]6O[C@H](CO)[C@@H](O)[C@H](O)[C@H]6O)CC[C@]5(C)[C@H]4CC[C@@]32C)O1. The first-order valence-corrected chi connectivity index (χ1v) is 24.0. The molecule has 4 heterocycles. The van der Waals surface area contributed by atoms with Crippen LogP contribution in [-0.4, -0.2) is 200 Å². The minimum atomic E-state index is -1.75. The molecule has 4 aliphatic carbocycles. The molecule has 0 bridgehead atoms. The molecule has 0 unspecified atom stereocenters. The molecule has 0 radical (unpaired) electrons. The van der Waals surface area contributed by atoms with Gasteiger partial charge in [0.05, 0.1) is 32.5 Å². The highest BCUT2D eigenvalue weighted by atomic mass is 16.8. The third-order valence-corrected chi connectivity index (χ3v) is 17.6. The van der Waals surface area contributed by atoms with Crippen molar-refractivity contribution in [1.82, 2.24) is 0 Å². The molecule has 7 fully saturated rings. The van der Waals surface area contributed by atoms with Crippen LogP contribution in [0.15, 0.2) is 11.3 Å². The van der Waals surface area contributed by atoms with E-state index in [1.165, 1.54) is 5.57 Å². The predicted molar refractivity (Wildman–Crippen MR) is 224 cm³/mol. The number of aliphatic hydroxyl groups is 11. The molecule has 65 heavy (non-hydrogen) atoms. The Kier molecular flexibility index (Phi) is 15.4. The van der Waals surface area contributed by atoms with Crippen molar-refractivity contribution >= 4 is 0 Å². The van der Waals surface area contributed by atoms with Crippen LogP contribution in [0.3, 0.4) is 0 Å². The average molecular weight is 933 g/mol. The quantitative estimate of drug-likeness (QED) is 0.0912. The van der Waals surface area contributed by atoms with Gasteiger partial charge in [0.1, 0.15) is 91.2 Å². The van der Waals surface area contributed by atoms with Gasteiger partial charge in [-0.3, -0.25) is 0 Å². The van der Waals surface area contributed by atoms with Crippen molar-refractivity contribution in [3.63, 3.8) is 0 Å². The molecule has 3 saturated heterocycles. The highest BCUT2D eigenvalue weighted by Crippen LogP contribution is 2.70. The normalized spacial score (nSPS) is 51.9. The van der Waals surface area contributed by atoms with E-state index in [1.807, 2.05) is 6.92 Å². The van der Waals surface area contributed by atoms with Gasteiger partial charge in [0, 0.05) is 13.0 Å². The van der Waals surface area contributed by atoms with Gasteiger partial charge in [-0.25, -0.2) is 0 Å². The van der Waals surface area contributed by atoms with E-state index in [4.69, 9.17) is 37.9 Å². The molecule has 26 atom stereocenters. The minimum absolute atomic E-state index is 0.0507. The maximum Gasteiger partial charge on any atom is 0.187 e. The van der Waals surface area contributed by atoms with E-state index in [0.29, 0.717) is 36.5 Å². The van der Waals surface area contributed by atoms with Gasteiger partial charge in [-0.05, 0) is 111 Å². The van der Waals surface area contributed by atoms with Gasteiger partial charge in [-0.2, -0.15) is 0 Å². The Labute approximate surface area is 380 Å². The molecule has 0 aromatic carbocycles. The van der Waals surface area contributed by atoms with E-state index >= 15 is 0 Å². The lowest BCUT2D eigenvalue weighted by atomic mass is 9.44. The van der Waals surface area contributed by atoms with Gasteiger partial charge in [-0.1, -0.05) is 20.8 Å². The largest absolute Gasteiger partial charge is 0.491 e. The van der Waals surface area contributed by atoms with E-state index in [9.17, 15) is 56.2 Å². The van der Waals surface area contributed by atoms with Crippen molar-refractivity contribution in [3.05, 3.63) is 11.3 Å². The van der Waals surface area contributed by atoms with Crippen LogP contribution in [-0.2, 0) is 37.9 Å². The lowest BCUT2D eigenvalue weighted by Gasteiger charge is -2.61. The molecule has 4 aliphatic heterocycles. The maximum absolute atomic E-state index is 11.2. The molecule has 0 spiro atoms. The number of fused-ring (bicyclic) bond motifs is 7. The minimum Gasteiger partial charge on any atom is -0.491 e. The number of methoxy groups -OCH3 is 1. The summed E-state index contributed by atoms with van der Waals surface area (Å²) in [6.45, 7) is 7.49. The molecule has 374 valence electrons. The summed E-state index contributed by atoms with van der Waals surface area (Å²) in [5, 5.41) is 113. The molecule has 0 aromatic heterocycles. The van der Waals surface area contributed by atoms with Crippen molar-refractivity contribution in [2.24, 2.45) is 46.3 Å². The number of hydrogen-bond donors (Lipinski definition) is 11. The molecule has 8 rings (SSSR count). The standard InChI is InChI=1S/C46H76O19/c1-19(18-59-42-38(56)35(53)32(50)28(15-47)62-42)12-27(58-5)40-20(2)31-26(61-40)14-25-23-7-6-21-13-22(8-10-45(21,3)24(23)9-11-46(25,31)4)60-44-41(37(55)34(52)30(17-49)64-44)65-43-39(57)36(54)33(51)29(16-48)63-43/h19,21-39,41-44,47-57H,6-18H2,1-5H3/t19-,21+,22-,23+,24-,25-,26-,27-,28+,29+,30+,31-,32+,33+,34-,35-,36-,37-,38+,39+,41+,42+,43-,44+,45-,46-/m0/s1. The summed E-state index contributed by atoms with van der Waals surface area (Å²) >= 11 is 0. The second kappa shape index (κ2) is 19.9. The molecule has 0 amide bonds. The monoisotopic (exact) mass is 932 g/mol. The van der Waals surface area contributed by atoms with Gasteiger partial charge in [-0.15, -0.1) is 0 Å². The number of hydrogen-bond acceptors (Lipinski definition) is 19. The van der Waals surface area contributed by atoms with Crippen molar-refractivity contribution in [2.45, 2.75) is 196 Å². The van der Waals surface area contributed by atoms with Crippen LogP contribution < -0.4 is 0 Å². The van der Waals surface area contributed by atoms with Gasteiger partial charge >= 0.3 is 0 Å². The van der Waals surface area contributed by atoms with Crippen LogP contribution in [0, 0.1) is 46.3 Å². The lowest BCUT2D eigenvalue weighted by Crippen LogP contribution is -2.65. The predicted octanol–water partition coefficient (Wildman–Crippen LogP) is -1.20. The van der Waals surface area contributed by atoms with E-state index in [2.05, 4.69) is 20.8 Å². The molecular formula is C46H76O19. The van der Waals surface area contributed by atoms with E-state index in [1.54, 1.807) is 7.11 Å². The Hall–Kier alpha value is -1.18. The van der Waals surface area contributed by atoms with Gasteiger partial charge in [0.25, 0.3) is 0 Å². The molecule has 8 aliphatic rings. The zero-order valence-electron chi connectivity index (χ0n) is 38.2. The summed E-state index contributed by atoms with van der Waals surface area (Å²) in [5.41, 5.74) is 1.36. The number of ether oxygens (including phenoxy) is 8. The van der Waals surface area contributed by atoms with Crippen molar-refractivity contribution in [2.75, 3.05) is 33.5 Å². The summed E-state index contributed by atoms with van der Waals surface area (Å²) < 4.78 is 48.4. The van der Waals surface area contributed by atoms with Crippen LogP contribution >= 0.6 is 0 Å². The average Bonchev–Trinajstić information content (AvgIpc) is 3.79. The smallest absolute Gasteiger partial charge is 0.187 e. The summed E-state index contributed by atoms with van der Waals surface area (Å²) in [5.74, 6) is 2.99. The lowest BCUT2D eigenvalue weighted by molar-refractivity contribution is -0.373. The second-order valence-electron chi connectivity index (χ2n) is 21.3. The van der Waals surface area contributed by atoms with Crippen molar-refractivity contribution < 1.29 is 94.1 Å². The first-order chi connectivity index (χ1) is 30.9. The number of aliphatic hydroxyl groups excluding tert-OH is 11. The van der Waals surface area contributed by atoms with Crippen LogP contribution in [0.4, 0.5) is 0 Å². The van der Waals surface area contributed by atoms with Crippen LogP contribution in [0.2, 0.25) is 0 Å². The fourth-order valence-corrected chi connectivity index (χ4v) is 14.0. The molecule has 0 aromatic rings. The Bertz CT molecular complexity index is 1640. The highest BCUT2D eigenvalue weighted by molar-refractivity contribution is 5.28. The number of rotatable bonds is 14. The van der Waals surface area contributed by atoms with Crippen LogP contribution in [0.1, 0.15) is 85.5 Å². The van der Waals surface area contributed by atoms with E-state index in [0.717, 1.165) is 50.7 Å². The highest BCUT2D eigenvalue weighted by Gasteiger charge is 2.65. The summed E-state index contributed by atoms with van der Waals surface area (Å²) in [7, 11) is 1.68. The fraction of sp³-hybridized carbons (Fsp3) is 0.957. The Balaban J connectivity index is 0.893. The molecule has 4 saturated carbocycles. The summed E-state index contributed by atoms with van der Waals surface area (Å²) in [6.07, 6.45) is -14.0. The topological polar surface area (TPSA) is 296 Å². The Morgan fingerprint density at radius 3 is 1.86 bits per heavy atom. The van der Waals surface area contributed by atoms with Crippen LogP contribution in [0.5, 0.6) is 0 Å². The zero-order valence-corrected chi connectivity index (χ0v) is 38.2. The third kappa shape index (κ3) is 8.98. The maximum atomic E-state index is 11.2. The van der Waals surface area contributed by atoms with Gasteiger partial charge in [0.15, 0.2) is 18.9 Å². The third-order valence-electron chi connectivity index (χ3n) is 17.6. The fourth-order valence-electron chi connectivity index (χ4n) is 14.0. The van der Waals surface area contributed by atoms with Crippen LogP contribution in [0.25, 0.3) is 0 Å². The molecular weight excluding hydrogens is 856 g/mol. The first kappa shape index (κ1) is 50.2. The first-order valence-electron chi connectivity index (χ1n) is 24.0. The van der Waals surface area contributed by atoms with Crippen molar-refractivity contribution in [3.8, 4) is 0 Å². The Morgan fingerprint density at radius 1 is 0.646 bits per heavy atom. The zero-order chi connectivity index (χ0) is 46.9. The Morgan fingerprint density at radius 2 is 1.23 bits per heavy atom. The summed E-state index contributed by atoms with van der Waals surface area (Å²) in [6, 6.07) is 0. The second-order valence-corrected chi connectivity index (χ2v) is 21.3.